The van der Waals surface area contributed by atoms with Crippen molar-refractivity contribution in [1.29, 1.82) is 0 Å². The molecule has 0 spiro atoms. The summed E-state index contributed by atoms with van der Waals surface area (Å²) in [7, 11) is -1.38. The number of non-ortho nitro benzene ring substituents is 1. The number of hydrogen-bond donors (Lipinski definition) is 1. The summed E-state index contributed by atoms with van der Waals surface area (Å²) in [6, 6.07) is 13.0. The minimum atomic E-state index is -3.28. The summed E-state index contributed by atoms with van der Waals surface area (Å²) < 4.78 is 30.3. The van der Waals surface area contributed by atoms with E-state index in [1.807, 2.05) is 36.4 Å². The molecule has 2 aromatic rings. The van der Waals surface area contributed by atoms with Crippen LogP contribution in [0.1, 0.15) is 5.56 Å². The number of nitro groups is 1. The van der Waals surface area contributed by atoms with E-state index in [1.54, 1.807) is 24.3 Å². The first kappa shape index (κ1) is 20.2. The van der Waals surface area contributed by atoms with Crippen LogP contribution in [0.2, 0.25) is 0 Å². The zero-order valence-corrected chi connectivity index (χ0v) is 15.8. The van der Waals surface area contributed by atoms with Crippen molar-refractivity contribution in [2.24, 2.45) is 0 Å². The van der Waals surface area contributed by atoms with Gasteiger partial charge in [0.15, 0.2) is 0 Å². The third kappa shape index (κ3) is 7.37. The molecule has 144 valence electrons. The Morgan fingerprint density at radius 3 is 2.33 bits per heavy atom. The molecule has 0 amide bonds. The van der Waals surface area contributed by atoms with Gasteiger partial charge in [-0.15, -0.1) is 0 Å². The Hall–Kier alpha value is -3.07. The van der Waals surface area contributed by atoms with Gasteiger partial charge < -0.3 is 9.64 Å². The molecule has 0 heterocycles. The van der Waals surface area contributed by atoms with E-state index in [1.165, 1.54) is 12.1 Å². The number of nitrogens with one attached hydrogen (secondary N) is 1. The Bertz CT molecular complexity index is 894. The Morgan fingerprint density at radius 2 is 1.78 bits per heavy atom. The van der Waals surface area contributed by atoms with Crippen LogP contribution in [0.25, 0.3) is 6.08 Å². The zero-order valence-electron chi connectivity index (χ0n) is 15.0. The van der Waals surface area contributed by atoms with Gasteiger partial charge >= 0.3 is 0 Å². The quantitative estimate of drug-likeness (QED) is 0.521. The molecule has 2 rings (SSSR count). The van der Waals surface area contributed by atoms with Crippen LogP contribution in [0.3, 0.4) is 0 Å². The summed E-state index contributed by atoms with van der Waals surface area (Å²) in [5.41, 5.74) is 1.47. The fraction of sp³-hybridized carbons (Fsp3) is 0.222. The average Bonchev–Trinajstić information content (AvgIpc) is 2.60. The van der Waals surface area contributed by atoms with Crippen molar-refractivity contribution in [3.8, 4) is 5.75 Å². The molecule has 0 aliphatic rings. The number of nitro benzene ring substituents is 1. The monoisotopic (exact) mass is 391 g/mol. The molecule has 27 heavy (non-hydrogen) atoms. The lowest BCUT2D eigenvalue weighted by Crippen LogP contribution is -2.18. The summed E-state index contributed by atoms with van der Waals surface area (Å²) in [5, 5.41) is 10.6. The van der Waals surface area contributed by atoms with Crippen molar-refractivity contribution in [1.82, 2.24) is 4.90 Å². The van der Waals surface area contributed by atoms with Crippen molar-refractivity contribution in [2.75, 3.05) is 31.2 Å². The molecular formula is C18H21N3O5S. The van der Waals surface area contributed by atoms with Gasteiger partial charge in [0.2, 0.25) is 10.0 Å². The number of likely N-dealkylation sites (N-methyl/N-ethyl adjacent to an activating group) is 1. The van der Waals surface area contributed by atoms with Crippen LogP contribution in [0.5, 0.6) is 5.75 Å². The van der Waals surface area contributed by atoms with E-state index in [2.05, 4.69) is 4.72 Å². The van der Waals surface area contributed by atoms with E-state index in [4.69, 9.17) is 4.74 Å². The topological polar surface area (TPSA) is 102 Å². The predicted octanol–water partition coefficient (Wildman–Crippen LogP) is 2.95. The number of benzene rings is 2. The molecule has 0 unspecified atom stereocenters. The van der Waals surface area contributed by atoms with Crippen LogP contribution in [-0.4, -0.2) is 44.7 Å². The number of rotatable bonds is 9. The number of ether oxygens (including phenoxy) is 1. The van der Waals surface area contributed by atoms with Crippen LogP contribution in [-0.2, 0) is 10.0 Å². The highest BCUT2D eigenvalue weighted by Crippen LogP contribution is 2.17. The Labute approximate surface area is 158 Å². The maximum absolute atomic E-state index is 11.2. The minimum absolute atomic E-state index is 0.0279. The molecule has 9 heteroatoms. The fourth-order valence-electron chi connectivity index (χ4n) is 2.14. The van der Waals surface area contributed by atoms with Gasteiger partial charge in [-0.3, -0.25) is 14.8 Å². The van der Waals surface area contributed by atoms with Gasteiger partial charge in [-0.05, 0) is 42.1 Å². The smallest absolute Gasteiger partial charge is 0.269 e. The zero-order chi connectivity index (χ0) is 19.9. The molecule has 0 radical (unpaired) electrons. The SMILES string of the molecule is CN(C=Cc1ccc(NS(C)(=O)=O)cc1)CCOc1ccc([N+](=O)[O-])cc1. The highest BCUT2D eigenvalue weighted by Gasteiger charge is 2.04. The summed E-state index contributed by atoms with van der Waals surface area (Å²) in [6.07, 6.45) is 4.89. The van der Waals surface area contributed by atoms with E-state index in [-0.39, 0.29) is 5.69 Å². The van der Waals surface area contributed by atoms with Crippen LogP contribution in [0.4, 0.5) is 11.4 Å². The molecular weight excluding hydrogens is 370 g/mol. The Kier molecular flexibility index (Phi) is 6.78. The summed E-state index contributed by atoms with van der Waals surface area (Å²) >= 11 is 0. The van der Waals surface area contributed by atoms with E-state index in [9.17, 15) is 18.5 Å². The molecule has 0 bridgehead atoms. The molecule has 0 aliphatic heterocycles. The average molecular weight is 391 g/mol. The van der Waals surface area contributed by atoms with Crippen molar-refractivity contribution in [2.45, 2.75) is 0 Å². The fourth-order valence-corrected chi connectivity index (χ4v) is 2.70. The largest absolute Gasteiger partial charge is 0.492 e. The standard InChI is InChI=1S/C18H21N3O5S/c1-20(13-14-26-18-9-7-17(8-10-18)21(22)23)12-11-15-3-5-16(6-4-15)19-27(2,24)25/h3-12,19H,13-14H2,1-2H3. The van der Waals surface area contributed by atoms with Gasteiger partial charge in [0.1, 0.15) is 12.4 Å². The minimum Gasteiger partial charge on any atom is -0.492 e. The number of hydrogen-bond acceptors (Lipinski definition) is 6. The molecule has 1 N–H and O–H groups in total. The third-order valence-corrected chi connectivity index (χ3v) is 4.10. The highest BCUT2D eigenvalue weighted by atomic mass is 32.2. The first-order valence-electron chi connectivity index (χ1n) is 8.06. The van der Waals surface area contributed by atoms with Crippen molar-refractivity contribution < 1.29 is 18.1 Å². The molecule has 0 aromatic heterocycles. The molecule has 0 fully saturated rings. The summed E-state index contributed by atoms with van der Waals surface area (Å²) in [6.45, 7) is 1.05. The second kappa shape index (κ2) is 9.04. The first-order chi connectivity index (χ1) is 12.7. The maximum Gasteiger partial charge on any atom is 0.269 e. The third-order valence-electron chi connectivity index (χ3n) is 3.50. The molecule has 0 atom stereocenters. The molecule has 0 saturated heterocycles. The van der Waals surface area contributed by atoms with Crippen LogP contribution < -0.4 is 9.46 Å². The van der Waals surface area contributed by atoms with Gasteiger partial charge in [-0.25, -0.2) is 8.42 Å². The number of anilines is 1. The lowest BCUT2D eigenvalue weighted by molar-refractivity contribution is -0.384. The lowest BCUT2D eigenvalue weighted by atomic mass is 10.2. The number of sulfonamides is 1. The normalized spacial score (nSPS) is 11.3. The number of nitrogens with zero attached hydrogens (tertiary/aromatic N) is 2. The molecule has 0 aliphatic carbocycles. The van der Waals surface area contributed by atoms with Gasteiger partial charge in [-0.1, -0.05) is 12.1 Å². The summed E-state index contributed by atoms with van der Waals surface area (Å²) in [4.78, 5) is 12.1. The van der Waals surface area contributed by atoms with E-state index < -0.39 is 14.9 Å². The summed E-state index contributed by atoms with van der Waals surface area (Å²) in [5.74, 6) is 0.576. The van der Waals surface area contributed by atoms with E-state index in [0.717, 1.165) is 11.8 Å². The van der Waals surface area contributed by atoms with Crippen molar-refractivity contribution >= 4 is 27.5 Å². The lowest BCUT2D eigenvalue weighted by Gasteiger charge is -2.14. The molecule has 0 saturated carbocycles. The van der Waals surface area contributed by atoms with E-state index in [0.29, 0.717) is 24.6 Å². The van der Waals surface area contributed by atoms with Crippen molar-refractivity contribution in [3.63, 3.8) is 0 Å². The Morgan fingerprint density at radius 1 is 1.15 bits per heavy atom. The van der Waals surface area contributed by atoms with Crippen LogP contribution in [0.15, 0.2) is 54.7 Å². The molecule has 2 aromatic carbocycles. The van der Waals surface area contributed by atoms with Crippen molar-refractivity contribution in [3.05, 3.63) is 70.4 Å². The predicted molar refractivity (Wildman–Crippen MR) is 105 cm³/mol. The van der Waals surface area contributed by atoms with Gasteiger partial charge in [0.25, 0.3) is 5.69 Å². The highest BCUT2D eigenvalue weighted by molar-refractivity contribution is 7.92. The van der Waals surface area contributed by atoms with Gasteiger partial charge in [0, 0.05) is 24.9 Å². The second-order valence-corrected chi connectivity index (χ2v) is 7.64. The van der Waals surface area contributed by atoms with Crippen LogP contribution >= 0.6 is 0 Å². The maximum atomic E-state index is 11.2. The first-order valence-corrected chi connectivity index (χ1v) is 9.96. The van der Waals surface area contributed by atoms with Crippen LogP contribution in [0, 0.1) is 10.1 Å². The van der Waals surface area contributed by atoms with Gasteiger partial charge in [0.05, 0.1) is 17.7 Å². The Balaban J connectivity index is 1.79. The second-order valence-electron chi connectivity index (χ2n) is 5.89. The van der Waals surface area contributed by atoms with Gasteiger partial charge in [-0.2, -0.15) is 0 Å². The molecule has 8 nitrogen and oxygen atoms in total. The van der Waals surface area contributed by atoms with E-state index >= 15 is 0 Å².